The van der Waals surface area contributed by atoms with E-state index >= 15 is 0 Å². The molecule has 0 radical (unpaired) electrons. The van der Waals surface area contributed by atoms with Gasteiger partial charge in [-0.2, -0.15) is 0 Å². The van der Waals surface area contributed by atoms with Gasteiger partial charge >= 0.3 is 0 Å². The van der Waals surface area contributed by atoms with Crippen LogP contribution in [0.4, 0.5) is 0 Å². The third-order valence-corrected chi connectivity index (χ3v) is 10.8. The van der Waals surface area contributed by atoms with E-state index in [-0.39, 0.29) is 16.6 Å². The van der Waals surface area contributed by atoms with Crippen LogP contribution in [0.1, 0.15) is 65.2 Å². The van der Waals surface area contributed by atoms with Crippen LogP contribution in [0.5, 0.6) is 0 Å². The Morgan fingerprint density at radius 1 is 0.871 bits per heavy atom. The van der Waals surface area contributed by atoms with Crippen LogP contribution in [-0.4, -0.2) is 50.6 Å². The fourth-order valence-electron chi connectivity index (χ4n) is 9.21. The molecule has 7 rings (SSSR count). The summed E-state index contributed by atoms with van der Waals surface area (Å²) in [5.74, 6) is 0.896. The van der Waals surface area contributed by atoms with E-state index < -0.39 is 11.4 Å². The van der Waals surface area contributed by atoms with Gasteiger partial charge in [-0.15, -0.1) is 0 Å². The predicted octanol–water partition coefficient (Wildman–Crippen LogP) is 4.14. The predicted molar refractivity (Wildman–Crippen MR) is 111 cm³/mol. The van der Waals surface area contributed by atoms with Crippen LogP contribution in [0.2, 0.25) is 0 Å². The highest BCUT2D eigenvalue weighted by molar-refractivity contribution is 5.32. The molecule has 4 aliphatic carbocycles. The summed E-state index contributed by atoms with van der Waals surface area (Å²) in [7, 11) is 0. The molecule has 3 heterocycles. The fraction of sp³-hybridized carbons (Fsp3) is 0.920. The summed E-state index contributed by atoms with van der Waals surface area (Å²) in [4.78, 5) is 0. The summed E-state index contributed by atoms with van der Waals surface area (Å²) < 4.78 is 36.7. The fourth-order valence-corrected chi connectivity index (χ4v) is 9.21. The quantitative estimate of drug-likeness (QED) is 0.537. The first-order valence-electron chi connectivity index (χ1n) is 12.4. The van der Waals surface area contributed by atoms with Gasteiger partial charge in [0.05, 0.1) is 13.2 Å². The van der Waals surface area contributed by atoms with E-state index in [2.05, 4.69) is 19.9 Å². The van der Waals surface area contributed by atoms with Gasteiger partial charge in [0.15, 0.2) is 19.4 Å². The Bertz CT molecular complexity index is 792. The van der Waals surface area contributed by atoms with Crippen LogP contribution in [-0.2, 0) is 28.4 Å². The molecule has 0 bridgehead atoms. The lowest BCUT2D eigenvalue weighted by Crippen LogP contribution is -2.63. The van der Waals surface area contributed by atoms with Crippen LogP contribution < -0.4 is 0 Å². The lowest BCUT2D eigenvalue weighted by molar-refractivity contribution is -0.242. The van der Waals surface area contributed by atoms with Crippen molar-refractivity contribution in [1.82, 2.24) is 0 Å². The Hall–Kier alpha value is -0.500. The molecule has 0 amide bonds. The third-order valence-electron chi connectivity index (χ3n) is 10.8. The molecule has 3 saturated heterocycles. The molecule has 6 fully saturated rings. The summed E-state index contributed by atoms with van der Waals surface area (Å²) in [5.41, 5.74) is 1.62. The summed E-state index contributed by atoms with van der Waals surface area (Å²) in [6.45, 7) is 7.60. The highest BCUT2D eigenvalue weighted by Gasteiger charge is 2.75. The van der Waals surface area contributed by atoms with Gasteiger partial charge in [-0.25, -0.2) is 0 Å². The standard InChI is InChI=1S/C25H36O6/c1-21-9-10-23(27-11-12-28-23)13-17(21)3-4-18-19(21)5-7-22(2)20(18)6-8-24(22)25(31-16-29-24)14-26-15-30-25/h5,17-18,20H,3-4,6-16H2,1-2H3/t17-,18?,20?,21+,22+,24-,25?/m1/s1. The number of hydrogen-bond acceptors (Lipinski definition) is 6. The highest BCUT2D eigenvalue weighted by Crippen LogP contribution is 2.71. The van der Waals surface area contributed by atoms with Crippen LogP contribution in [0.25, 0.3) is 0 Å². The van der Waals surface area contributed by atoms with Gasteiger partial charge in [0, 0.05) is 18.3 Å². The molecule has 0 N–H and O–H groups in total. The van der Waals surface area contributed by atoms with Crippen molar-refractivity contribution in [3.63, 3.8) is 0 Å². The first-order chi connectivity index (χ1) is 15.0. The Labute approximate surface area is 184 Å². The molecule has 6 nitrogen and oxygen atoms in total. The van der Waals surface area contributed by atoms with Crippen molar-refractivity contribution in [3.05, 3.63) is 11.6 Å². The molecule has 0 aromatic heterocycles. The molecule has 3 saturated carbocycles. The molecule has 3 spiro atoms. The minimum atomic E-state index is -0.725. The lowest BCUT2D eigenvalue weighted by atomic mass is 9.47. The van der Waals surface area contributed by atoms with Gasteiger partial charge in [0.2, 0.25) is 5.79 Å². The van der Waals surface area contributed by atoms with Crippen molar-refractivity contribution in [2.75, 3.05) is 33.4 Å². The van der Waals surface area contributed by atoms with E-state index in [9.17, 15) is 0 Å². The second-order valence-corrected chi connectivity index (χ2v) is 11.6. The van der Waals surface area contributed by atoms with Crippen LogP contribution in [0.3, 0.4) is 0 Å². The summed E-state index contributed by atoms with van der Waals surface area (Å²) >= 11 is 0. The normalized spacial score (nSPS) is 54.9. The van der Waals surface area contributed by atoms with Crippen molar-refractivity contribution in [2.45, 2.75) is 82.4 Å². The molecular formula is C25H36O6. The van der Waals surface area contributed by atoms with Crippen molar-refractivity contribution >= 4 is 0 Å². The maximum atomic E-state index is 6.50. The maximum Gasteiger partial charge on any atom is 0.226 e. The first kappa shape index (κ1) is 19.9. The SMILES string of the molecule is C[C@]12CC=C3C(CC[C@@H]4CC5(CC[C@]34C)OCCO5)C1CC[C@@]21OCOC12COCO2. The minimum absolute atomic E-state index is 0.0160. The first-order valence-corrected chi connectivity index (χ1v) is 12.4. The van der Waals surface area contributed by atoms with E-state index in [1.165, 1.54) is 25.7 Å². The molecule has 3 aliphatic heterocycles. The average molecular weight is 433 g/mol. The van der Waals surface area contributed by atoms with Crippen LogP contribution in [0, 0.1) is 28.6 Å². The molecule has 172 valence electrons. The van der Waals surface area contributed by atoms with Crippen molar-refractivity contribution in [2.24, 2.45) is 28.6 Å². The van der Waals surface area contributed by atoms with E-state index in [0.717, 1.165) is 38.9 Å². The molecule has 0 aromatic rings. The van der Waals surface area contributed by atoms with Crippen molar-refractivity contribution in [3.8, 4) is 0 Å². The third kappa shape index (κ3) is 2.30. The second-order valence-electron chi connectivity index (χ2n) is 11.6. The highest BCUT2D eigenvalue weighted by atomic mass is 16.9. The molecule has 0 aromatic carbocycles. The van der Waals surface area contributed by atoms with Gasteiger partial charge in [-0.05, 0) is 61.7 Å². The topological polar surface area (TPSA) is 55.4 Å². The van der Waals surface area contributed by atoms with Crippen molar-refractivity contribution in [1.29, 1.82) is 0 Å². The second kappa shape index (κ2) is 6.34. The van der Waals surface area contributed by atoms with Gasteiger partial charge < -0.3 is 28.4 Å². The van der Waals surface area contributed by atoms with Gasteiger partial charge in [-0.1, -0.05) is 25.5 Å². The minimum Gasteiger partial charge on any atom is -0.350 e. The van der Waals surface area contributed by atoms with Gasteiger partial charge in [-0.3, -0.25) is 0 Å². The smallest absolute Gasteiger partial charge is 0.226 e. The zero-order valence-corrected chi connectivity index (χ0v) is 19.0. The van der Waals surface area contributed by atoms with E-state index in [0.29, 0.717) is 37.9 Å². The monoisotopic (exact) mass is 432 g/mol. The molecular weight excluding hydrogens is 396 g/mol. The molecule has 3 unspecified atom stereocenters. The summed E-state index contributed by atoms with van der Waals surface area (Å²) in [5, 5.41) is 0. The Morgan fingerprint density at radius 2 is 1.71 bits per heavy atom. The molecule has 7 aliphatic rings. The van der Waals surface area contributed by atoms with Crippen LogP contribution >= 0.6 is 0 Å². The number of allylic oxidation sites excluding steroid dienone is 2. The summed E-state index contributed by atoms with van der Waals surface area (Å²) in [6.07, 6.45) is 11.6. The Morgan fingerprint density at radius 3 is 2.52 bits per heavy atom. The maximum absolute atomic E-state index is 6.50. The van der Waals surface area contributed by atoms with E-state index in [4.69, 9.17) is 28.4 Å². The summed E-state index contributed by atoms with van der Waals surface area (Å²) in [6, 6.07) is 0. The number of fused-ring (bicyclic) bond motifs is 7. The average Bonchev–Trinajstić information content (AvgIpc) is 3.54. The number of hydrogen-bond donors (Lipinski definition) is 0. The van der Waals surface area contributed by atoms with E-state index in [1.54, 1.807) is 5.57 Å². The zero-order valence-electron chi connectivity index (χ0n) is 19.0. The van der Waals surface area contributed by atoms with Gasteiger partial charge in [0.25, 0.3) is 0 Å². The number of ether oxygens (including phenoxy) is 6. The molecule has 31 heavy (non-hydrogen) atoms. The van der Waals surface area contributed by atoms with Crippen molar-refractivity contribution < 1.29 is 28.4 Å². The molecule has 6 heteroatoms. The van der Waals surface area contributed by atoms with E-state index in [1.807, 2.05) is 0 Å². The Kier molecular flexibility index (Phi) is 4.07. The largest absolute Gasteiger partial charge is 0.350 e. The van der Waals surface area contributed by atoms with Crippen LogP contribution in [0.15, 0.2) is 11.6 Å². The Balaban J connectivity index is 1.23. The lowest BCUT2D eigenvalue weighted by Gasteiger charge is -2.59. The van der Waals surface area contributed by atoms with Gasteiger partial charge in [0.1, 0.15) is 12.2 Å². The number of rotatable bonds is 0. The zero-order chi connectivity index (χ0) is 21.0. The molecule has 7 atom stereocenters.